The Morgan fingerprint density at radius 3 is 2.18 bits per heavy atom. The van der Waals surface area contributed by atoms with E-state index in [-0.39, 0.29) is 0 Å². The fourth-order valence-corrected chi connectivity index (χ4v) is 2.18. The van der Waals surface area contributed by atoms with E-state index in [1.165, 1.54) is 6.33 Å². The van der Waals surface area contributed by atoms with Gasteiger partial charge in [-0.1, -0.05) is 35.3 Å². The number of para-hydroxylation sites is 1. The van der Waals surface area contributed by atoms with Gasteiger partial charge in [-0.15, -0.1) is 0 Å². The minimum atomic E-state index is 0.633. The van der Waals surface area contributed by atoms with Crippen molar-refractivity contribution >= 4 is 46.2 Å². The summed E-state index contributed by atoms with van der Waals surface area (Å²) in [6, 6.07) is 16.7. The summed E-state index contributed by atoms with van der Waals surface area (Å²) in [7, 11) is 0. The number of nitrogens with zero attached hydrogens (tertiary/aromatic N) is 2. The van der Waals surface area contributed by atoms with E-state index in [0.717, 1.165) is 11.4 Å². The zero-order chi connectivity index (χ0) is 15.4. The van der Waals surface area contributed by atoms with Gasteiger partial charge >= 0.3 is 0 Å². The average Bonchev–Trinajstić information content (AvgIpc) is 2.52. The Bertz CT molecular complexity index is 775. The van der Waals surface area contributed by atoms with Gasteiger partial charge in [0.2, 0.25) is 0 Å². The predicted molar refractivity (Wildman–Crippen MR) is 91.5 cm³/mol. The molecule has 2 N–H and O–H groups in total. The third-order valence-electron chi connectivity index (χ3n) is 2.92. The fraction of sp³-hybridized carbons (Fsp3) is 0. The molecule has 22 heavy (non-hydrogen) atoms. The maximum atomic E-state index is 6.12. The van der Waals surface area contributed by atoms with Gasteiger partial charge in [0.1, 0.15) is 18.0 Å². The van der Waals surface area contributed by atoms with Gasteiger partial charge in [-0.05, 0) is 36.4 Å². The first-order valence-corrected chi connectivity index (χ1v) is 7.32. The van der Waals surface area contributed by atoms with Crippen molar-refractivity contribution in [3.63, 3.8) is 0 Å². The monoisotopic (exact) mass is 330 g/mol. The molecule has 0 spiro atoms. The molecule has 4 nitrogen and oxygen atoms in total. The lowest BCUT2D eigenvalue weighted by molar-refractivity contribution is 1.17. The van der Waals surface area contributed by atoms with Gasteiger partial charge in [-0.3, -0.25) is 0 Å². The van der Waals surface area contributed by atoms with Crippen molar-refractivity contribution in [2.45, 2.75) is 0 Å². The number of hydrogen-bond donors (Lipinski definition) is 2. The van der Waals surface area contributed by atoms with Crippen molar-refractivity contribution in [2.24, 2.45) is 0 Å². The van der Waals surface area contributed by atoms with Crippen LogP contribution in [0, 0.1) is 0 Å². The first-order valence-electron chi connectivity index (χ1n) is 6.57. The lowest BCUT2D eigenvalue weighted by Crippen LogP contribution is -1.98. The van der Waals surface area contributed by atoms with Gasteiger partial charge in [0.05, 0.1) is 10.7 Å². The maximum Gasteiger partial charge on any atom is 0.135 e. The first-order chi connectivity index (χ1) is 10.7. The number of anilines is 4. The molecule has 3 rings (SSSR count). The van der Waals surface area contributed by atoms with E-state index in [2.05, 4.69) is 20.6 Å². The van der Waals surface area contributed by atoms with E-state index in [4.69, 9.17) is 23.2 Å². The highest BCUT2D eigenvalue weighted by atomic mass is 35.5. The van der Waals surface area contributed by atoms with Crippen LogP contribution in [0.2, 0.25) is 10.0 Å². The lowest BCUT2D eigenvalue weighted by atomic mass is 10.3. The van der Waals surface area contributed by atoms with Gasteiger partial charge in [0.25, 0.3) is 0 Å². The van der Waals surface area contributed by atoms with E-state index in [1.807, 2.05) is 48.5 Å². The molecule has 1 heterocycles. The molecule has 0 aliphatic rings. The number of aromatic nitrogens is 2. The molecule has 0 radical (unpaired) electrons. The Balaban J connectivity index is 1.78. The van der Waals surface area contributed by atoms with Crippen LogP contribution in [0.5, 0.6) is 0 Å². The summed E-state index contributed by atoms with van der Waals surface area (Å²) in [5.74, 6) is 1.33. The second-order valence-corrected chi connectivity index (χ2v) is 5.37. The minimum absolute atomic E-state index is 0.633. The van der Waals surface area contributed by atoms with Gasteiger partial charge in [-0.2, -0.15) is 0 Å². The van der Waals surface area contributed by atoms with Crippen LogP contribution in [-0.2, 0) is 0 Å². The molecule has 0 amide bonds. The topological polar surface area (TPSA) is 49.8 Å². The normalized spacial score (nSPS) is 10.3. The minimum Gasteiger partial charge on any atom is -0.340 e. The molecule has 2 aromatic carbocycles. The second kappa shape index (κ2) is 6.64. The summed E-state index contributed by atoms with van der Waals surface area (Å²) in [6.45, 7) is 0. The highest BCUT2D eigenvalue weighted by molar-refractivity contribution is 6.33. The van der Waals surface area contributed by atoms with Crippen molar-refractivity contribution < 1.29 is 0 Å². The molecular weight excluding hydrogens is 319 g/mol. The van der Waals surface area contributed by atoms with Crippen LogP contribution in [0.1, 0.15) is 0 Å². The molecule has 6 heteroatoms. The Morgan fingerprint density at radius 1 is 0.773 bits per heavy atom. The molecule has 0 aliphatic heterocycles. The summed E-state index contributed by atoms with van der Waals surface area (Å²) in [5, 5.41) is 7.67. The molecular formula is C16H12Cl2N4. The van der Waals surface area contributed by atoms with Gasteiger partial charge in [-0.25, -0.2) is 9.97 Å². The van der Waals surface area contributed by atoms with Crippen LogP contribution in [0.15, 0.2) is 60.9 Å². The highest BCUT2D eigenvalue weighted by Gasteiger charge is 2.03. The van der Waals surface area contributed by atoms with Crippen LogP contribution >= 0.6 is 23.2 Å². The van der Waals surface area contributed by atoms with E-state index in [1.54, 1.807) is 6.07 Å². The SMILES string of the molecule is Clc1ccc(Nc2cc(Nc3ccccc3Cl)ncn2)cc1. The summed E-state index contributed by atoms with van der Waals surface area (Å²) < 4.78 is 0. The van der Waals surface area contributed by atoms with Crippen LogP contribution in [0.25, 0.3) is 0 Å². The van der Waals surface area contributed by atoms with Gasteiger partial charge in [0.15, 0.2) is 0 Å². The van der Waals surface area contributed by atoms with Crippen LogP contribution in [0.3, 0.4) is 0 Å². The molecule has 0 unspecified atom stereocenters. The van der Waals surface area contributed by atoms with Crippen LogP contribution < -0.4 is 10.6 Å². The van der Waals surface area contributed by atoms with Crippen molar-refractivity contribution in [1.82, 2.24) is 9.97 Å². The third kappa shape index (κ3) is 3.67. The van der Waals surface area contributed by atoms with Crippen LogP contribution in [-0.4, -0.2) is 9.97 Å². The Hall–Kier alpha value is -2.30. The summed E-state index contributed by atoms with van der Waals surface area (Å²) >= 11 is 12.0. The Morgan fingerprint density at radius 2 is 1.45 bits per heavy atom. The number of hydrogen-bond acceptors (Lipinski definition) is 4. The molecule has 0 aliphatic carbocycles. The van der Waals surface area contributed by atoms with E-state index in [9.17, 15) is 0 Å². The predicted octanol–water partition coefficient (Wildman–Crippen LogP) is 5.27. The zero-order valence-corrected chi connectivity index (χ0v) is 12.9. The maximum absolute atomic E-state index is 6.12. The van der Waals surface area contributed by atoms with E-state index < -0.39 is 0 Å². The molecule has 0 bridgehead atoms. The quantitative estimate of drug-likeness (QED) is 0.684. The lowest BCUT2D eigenvalue weighted by Gasteiger charge is -2.09. The highest BCUT2D eigenvalue weighted by Crippen LogP contribution is 2.25. The van der Waals surface area contributed by atoms with Crippen LogP contribution in [0.4, 0.5) is 23.0 Å². The number of halogens is 2. The smallest absolute Gasteiger partial charge is 0.135 e. The summed E-state index contributed by atoms with van der Waals surface area (Å²) in [4.78, 5) is 8.38. The molecule has 0 saturated heterocycles. The van der Waals surface area contributed by atoms with E-state index >= 15 is 0 Å². The number of benzene rings is 2. The van der Waals surface area contributed by atoms with Crippen molar-refractivity contribution in [2.75, 3.05) is 10.6 Å². The molecule has 3 aromatic rings. The van der Waals surface area contributed by atoms with Gasteiger partial charge in [0, 0.05) is 16.8 Å². The van der Waals surface area contributed by atoms with E-state index in [0.29, 0.717) is 21.7 Å². The first kappa shape index (κ1) is 14.6. The molecule has 1 aromatic heterocycles. The fourth-order valence-electron chi connectivity index (χ4n) is 1.88. The molecule has 110 valence electrons. The largest absolute Gasteiger partial charge is 0.340 e. The summed E-state index contributed by atoms with van der Waals surface area (Å²) in [6.07, 6.45) is 1.48. The molecule has 0 atom stereocenters. The average molecular weight is 331 g/mol. The number of nitrogens with one attached hydrogen (secondary N) is 2. The van der Waals surface area contributed by atoms with Crippen molar-refractivity contribution in [1.29, 1.82) is 0 Å². The Kier molecular flexibility index (Phi) is 4.42. The summed E-state index contributed by atoms with van der Waals surface area (Å²) in [5.41, 5.74) is 1.69. The standard InChI is InChI=1S/C16H12Cl2N4/c17-11-5-7-12(8-6-11)21-15-9-16(20-10-19-15)22-14-4-2-1-3-13(14)18/h1-10H,(H2,19,20,21,22). The van der Waals surface area contributed by atoms with Crippen molar-refractivity contribution in [3.05, 3.63) is 71.0 Å². The van der Waals surface area contributed by atoms with Crippen molar-refractivity contribution in [3.8, 4) is 0 Å². The molecule has 0 fully saturated rings. The zero-order valence-electron chi connectivity index (χ0n) is 11.4. The third-order valence-corrected chi connectivity index (χ3v) is 3.50. The van der Waals surface area contributed by atoms with Gasteiger partial charge < -0.3 is 10.6 Å². The molecule has 0 saturated carbocycles. The second-order valence-electron chi connectivity index (χ2n) is 4.53. The number of rotatable bonds is 4. The Labute approximate surface area is 138 Å².